The molecule has 0 aromatic heterocycles. The maximum atomic E-state index is 12.5. The van der Waals surface area contributed by atoms with E-state index in [1.807, 2.05) is 20.8 Å². The van der Waals surface area contributed by atoms with Crippen molar-refractivity contribution in [2.24, 2.45) is 0 Å². The summed E-state index contributed by atoms with van der Waals surface area (Å²) in [5, 5.41) is 0.414. The van der Waals surface area contributed by atoms with E-state index in [-0.39, 0.29) is 5.91 Å². The van der Waals surface area contributed by atoms with Crippen molar-refractivity contribution >= 4 is 17.5 Å². The van der Waals surface area contributed by atoms with Crippen molar-refractivity contribution in [3.8, 4) is 11.5 Å². The van der Waals surface area contributed by atoms with E-state index < -0.39 is 0 Å². The molecule has 0 aliphatic heterocycles. The zero-order valence-corrected chi connectivity index (χ0v) is 14.7. The number of rotatable bonds is 9. The number of nitrogens with zero attached hydrogens (tertiary/aromatic N) is 1. The summed E-state index contributed by atoms with van der Waals surface area (Å²) in [7, 11) is 0. The smallest absolute Gasteiger partial charge is 0.254 e. The van der Waals surface area contributed by atoms with Crippen LogP contribution in [-0.2, 0) is 0 Å². The molecule has 22 heavy (non-hydrogen) atoms. The van der Waals surface area contributed by atoms with Gasteiger partial charge in [-0.2, -0.15) is 0 Å². The van der Waals surface area contributed by atoms with Gasteiger partial charge in [0, 0.05) is 18.7 Å². The Labute approximate surface area is 138 Å². The topological polar surface area (TPSA) is 38.8 Å². The van der Waals surface area contributed by atoms with Crippen LogP contribution in [0.2, 0.25) is 5.02 Å². The highest BCUT2D eigenvalue weighted by Gasteiger charge is 2.19. The zero-order valence-electron chi connectivity index (χ0n) is 13.9. The van der Waals surface area contributed by atoms with Gasteiger partial charge in [-0.15, -0.1) is 0 Å². The number of unbranched alkanes of at least 4 members (excludes halogenated alkanes) is 1. The molecule has 124 valence electrons. The summed E-state index contributed by atoms with van der Waals surface area (Å²) >= 11 is 6.31. The molecule has 0 unspecified atom stereocenters. The maximum absolute atomic E-state index is 12.5. The summed E-state index contributed by atoms with van der Waals surface area (Å²) in [5.74, 6) is 1.00. The fraction of sp³-hybridized carbons (Fsp3) is 0.588. The predicted molar refractivity (Wildman–Crippen MR) is 90.3 cm³/mol. The molecule has 1 rings (SSSR count). The number of hydrogen-bond donors (Lipinski definition) is 0. The van der Waals surface area contributed by atoms with Crippen LogP contribution in [0.25, 0.3) is 0 Å². The van der Waals surface area contributed by atoms with Crippen molar-refractivity contribution in [1.29, 1.82) is 0 Å². The molecule has 0 fully saturated rings. The van der Waals surface area contributed by atoms with Crippen LogP contribution >= 0.6 is 11.6 Å². The molecule has 0 radical (unpaired) electrons. The fourth-order valence-electron chi connectivity index (χ4n) is 2.11. The second kappa shape index (κ2) is 9.57. The van der Waals surface area contributed by atoms with Crippen LogP contribution in [0.15, 0.2) is 12.1 Å². The number of ether oxygens (including phenoxy) is 2. The van der Waals surface area contributed by atoms with Gasteiger partial charge in [-0.05, 0) is 39.3 Å². The summed E-state index contributed by atoms with van der Waals surface area (Å²) < 4.78 is 11.3. The van der Waals surface area contributed by atoms with Gasteiger partial charge in [-0.25, -0.2) is 0 Å². The SMILES string of the molecule is CCCCOc1c(Cl)cc(C(=O)N(CC)CC)cc1OCC. The Morgan fingerprint density at radius 2 is 1.82 bits per heavy atom. The minimum Gasteiger partial charge on any atom is -0.490 e. The van der Waals surface area contributed by atoms with Crippen molar-refractivity contribution in [3.05, 3.63) is 22.7 Å². The zero-order chi connectivity index (χ0) is 16.5. The number of halogens is 1. The number of hydrogen-bond acceptors (Lipinski definition) is 3. The summed E-state index contributed by atoms with van der Waals surface area (Å²) in [6.07, 6.45) is 1.99. The Bertz CT molecular complexity index is 487. The van der Waals surface area contributed by atoms with Crippen LogP contribution in [0.4, 0.5) is 0 Å². The van der Waals surface area contributed by atoms with Crippen LogP contribution in [0.5, 0.6) is 11.5 Å². The molecule has 0 aliphatic rings. The van der Waals surface area contributed by atoms with Crippen molar-refractivity contribution in [2.75, 3.05) is 26.3 Å². The Morgan fingerprint density at radius 3 is 2.36 bits per heavy atom. The molecule has 0 saturated heterocycles. The highest BCUT2D eigenvalue weighted by Crippen LogP contribution is 2.37. The van der Waals surface area contributed by atoms with Crippen LogP contribution < -0.4 is 9.47 Å². The molecule has 0 spiro atoms. The van der Waals surface area contributed by atoms with Crippen LogP contribution in [0.1, 0.15) is 50.9 Å². The lowest BCUT2D eigenvalue weighted by atomic mass is 10.1. The van der Waals surface area contributed by atoms with Gasteiger partial charge in [0.25, 0.3) is 5.91 Å². The highest BCUT2D eigenvalue weighted by atomic mass is 35.5. The van der Waals surface area contributed by atoms with Crippen molar-refractivity contribution in [3.63, 3.8) is 0 Å². The third-order valence-corrected chi connectivity index (χ3v) is 3.63. The first-order valence-electron chi connectivity index (χ1n) is 7.97. The molecule has 0 atom stereocenters. The monoisotopic (exact) mass is 327 g/mol. The van der Waals surface area contributed by atoms with Gasteiger partial charge < -0.3 is 14.4 Å². The van der Waals surface area contributed by atoms with Crippen molar-refractivity contribution < 1.29 is 14.3 Å². The van der Waals surface area contributed by atoms with E-state index in [1.54, 1.807) is 17.0 Å². The lowest BCUT2D eigenvalue weighted by molar-refractivity contribution is 0.0772. The van der Waals surface area contributed by atoms with Crippen LogP contribution in [0, 0.1) is 0 Å². The number of carbonyl (C=O) groups excluding carboxylic acids is 1. The standard InChI is InChI=1S/C17H26ClNO3/c1-5-9-10-22-16-14(18)11-13(12-15(16)21-8-4)17(20)19(6-2)7-3/h11-12H,5-10H2,1-4H3. The first-order chi connectivity index (χ1) is 10.6. The molecule has 1 aromatic carbocycles. The fourth-order valence-corrected chi connectivity index (χ4v) is 2.37. The Morgan fingerprint density at radius 1 is 1.14 bits per heavy atom. The van der Waals surface area contributed by atoms with Crippen LogP contribution in [-0.4, -0.2) is 37.1 Å². The lowest BCUT2D eigenvalue weighted by Crippen LogP contribution is -2.30. The van der Waals surface area contributed by atoms with Gasteiger partial charge in [-0.1, -0.05) is 24.9 Å². The van der Waals surface area contributed by atoms with Gasteiger partial charge >= 0.3 is 0 Å². The summed E-state index contributed by atoms with van der Waals surface area (Å²) in [6, 6.07) is 3.38. The minimum absolute atomic E-state index is 0.0482. The van der Waals surface area contributed by atoms with Crippen molar-refractivity contribution in [1.82, 2.24) is 4.90 Å². The number of carbonyl (C=O) groups is 1. The van der Waals surface area contributed by atoms with Crippen LogP contribution in [0.3, 0.4) is 0 Å². The van der Waals surface area contributed by atoms with E-state index in [0.29, 0.717) is 48.4 Å². The summed E-state index contributed by atoms with van der Waals surface area (Å²) in [6.45, 7) is 10.3. The lowest BCUT2D eigenvalue weighted by Gasteiger charge is -2.20. The molecule has 1 amide bonds. The van der Waals surface area contributed by atoms with Gasteiger partial charge in [-0.3, -0.25) is 4.79 Å². The average Bonchev–Trinajstić information content (AvgIpc) is 2.51. The number of amides is 1. The molecular weight excluding hydrogens is 302 g/mol. The molecule has 0 heterocycles. The maximum Gasteiger partial charge on any atom is 0.254 e. The van der Waals surface area contributed by atoms with Gasteiger partial charge in [0.15, 0.2) is 11.5 Å². The molecular formula is C17H26ClNO3. The first kappa shape index (κ1) is 18.6. The second-order valence-electron chi connectivity index (χ2n) is 4.90. The molecule has 0 bridgehead atoms. The van der Waals surface area contributed by atoms with E-state index in [9.17, 15) is 4.79 Å². The normalized spacial score (nSPS) is 10.4. The van der Waals surface area contributed by atoms with Crippen molar-refractivity contribution in [2.45, 2.75) is 40.5 Å². The third-order valence-electron chi connectivity index (χ3n) is 3.35. The quantitative estimate of drug-likeness (QED) is 0.631. The summed E-state index contributed by atoms with van der Waals surface area (Å²) in [5.41, 5.74) is 0.528. The Hall–Kier alpha value is -1.42. The van der Waals surface area contributed by atoms with Gasteiger partial charge in [0.1, 0.15) is 0 Å². The molecule has 0 N–H and O–H groups in total. The largest absolute Gasteiger partial charge is 0.490 e. The van der Waals surface area contributed by atoms with E-state index in [0.717, 1.165) is 12.8 Å². The Kier molecular flexibility index (Phi) is 8.10. The third kappa shape index (κ3) is 4.80. The first-order valence-corrected chi connectivity index (χ1v) is 8.35. The molecule has 4 nitrogen and oxygen atoms in total. The van der Waals surface area contributed by atoms with E-state index in [4.69, 9.17) is 21.1 Å². The highest BCUT2D eigenvalue weighted by molar-refractivity contribution is 6.32. The minimum atomic E-state index is -0.0482. The average molecular weight is 328 g/mol. The van der Waals surface area contributed by atoms with E-state index >= 15 is 0 Å². The number of benzene rings is 1. The molecule has 0 saturated carbocycles. The van der Waals surface area contributed by atoms with E-state index in [1.165, 1.54) is 0 Å². The van der Waals surface area contributed by atoms with Gasteiger partial charge in [0.2, 0.25) is 0 Å². The molecule has 1 aromatic rings. The molecule has 5 heteroatoms. The second-order valence-corrected chi connectivity index (χ2v) is 5.31. The van der Waals surface area contributed by atoms with E-state index in [2.05, 4.69) is 6.92 Å². The summed E-state index contributed by atoms with van der Waals surface area (Å²) in [4.78, 5) is 14.2. The Balaban J connectivity index is 3.10. The van der Waals surface area contributed by atoms with Gasteiger partial charge in [0.05, 0.1) is 18.2 Å². The molecule has 0 aliphatic carbocycles. The predicted octanol–water partition coefficient (Wildman–Crippen LogP) is 4.40.